The number of amides is 1. The fraction of sp³-hybridized carbons (Fsp3) is 0.269. The van der Waals surface area contributed by atoms with Gasteiger partial charge in [-0.1, -0.05) is 35.0 Å². The number of nitrogens with zero attached hydrogens (tertiary/aromatic N) is 1. The Morgan fingerprint density at radius 3 is 2.76 bits per heavy atom. The first-order valence-corrected chi connectivity index (χ1v) is 12.6. The van der Waals surface area contributed by atoms with Gasteiger partial charge in [-0.05, 0) is 61.9 Å². The van der Waals surface area contributed by atoms with E-state index in [1.807, 2.05) is 30.3 Å². The predicted molar refractivity (Wildman–Crippen MR) is 136 cm³/mol. The highest BCUT2D eigenvalue weighted by Gasteiger charge is 2.29. The molecule has 0 unspecified atom stereocenters. The Hall–Kier alpha value is -3.15. The van der Waals surface area contributed by atoms with Crippen LogP contribution in [0.3, 0.4) is 0 Å². The van der Waals surface area contributed by atoms with Crippen LogP contribution in [-0.2, 0) is 22.4 Å². The first-order chi connectivity index (χ1) is 16.4. The third kappa shape index (κ3) is 5.16. The average Bonchev–Trinajstić information content (AvgIpc) is 3.42. The minimum absolute atomic E-state index is 0.119. The number of esters is 1. The summed E-state index contributed by atoms with van der Waals surface area (Å²) in [4.78, 5) is 26.8. The SMILES string of the molecule is CCOC(=O)c1c(NC(=O)/C(C#N)=C/c2ccc(-c3ccc(Br)cc3)o2)sc2c1CC[C@@H](C)C2. The predicted octanol–water partition coefficient (Wildman–Crippen LogP) is 6.62. The number of hydrogen-bond acceptors (Lipinski definition) is 6. The van der Waals surface area contributed by atoms with E-state index in [1.165, 1.54) is 17.4 Å². The van der Waals surface area contributed by atoms with Crippen LogP contribution in [0.4, 0.5) is 5.00 Å². The van der Waals surface area contributed by atoms with Gasteiger partial charge >= 0.3 is 5.97 Å². The van der Waals surface area contributed by atoms with Gasteiger partial charge in [-0.15, -0.1) is 11.3 Å². The number of anilines is 1. The molecule has 6 nitrogen and oxygen atoms in total. The lowest BCUT2D eigenvalue weighted by Crippen LogP contribution is -2.17. The lowest BCUT2D eigenvalue weighted by atomic mass is 9.88. The maximum absolute atomic E-state index is 13.0. The number of carbonyl (C=O) groups is 2. The van der Waals surface area contributed by atoms with E-state index in [1.54, 1.807) is 19.1 Å². The third-order valence-corrected chi connectivity index (χ3v) is 7.32. The summed E-state index contributed by atoms with van der Waals surface area (Å²) in [5.74, 6) is 0.479. The Balaban J connectivity index is 1.59. The third-order valence-electron chi connectivity index (χ3n) is 5.63. The molecule has 0 bridgehead atoms. The number of thiophene rings is 1. The van der Waals surface area contributed by atoms with Gasteiger partial charge < -0.3 is 14.5 Å². The topological polar surface area (TPSA) is 92.3 Å². The van der Waals surface area contributed by atoms with Crippen LogP contribution in [0.5, 0.6) is 0 Å². The summed E-state index contributed by atoms with van der Waals surface area (Å²) in [5, 5.41) is 12.8. The molecule has 1 amide bonds. The molecular weight excluding hydrogens is 516 g/mol. The zero-order chi connectivity index (χ0) is 24.2. The van der Waals surface area contributed by atoms with E-state index in [0.29, 0.717) is 28.0 Å². The van der Waals surface area contributed by atoms with Crippen molar-refractivity contribution in [2.45, 2.75) is 33.1 Å². The van der Waals surface area contributed by atoms with Crippen LogP contribution < -0.4 is 5.32 Å². The fourth-order valence-electron chi connectivity index (χ4n) is 3.92. The molecule has 0 fully saturated rings. The highest BCUT2D eigenvalue weighted by atomic mass is 79.9. The van der Waals surface area contributed by atoms with Crippen molar-refractivity contribution in [3.63, 3.8) is 0 Å². The van der Waals surface area contributed by atoms with E-state index in [4.69, 9.17) is 9.15 Å². The summed E-state index contributed by atoms with van der Waals surface area (Å²) in [6.45, 7) is 4.17. The van der Waals surface area contributed by atoms with Crippen LogP contribution in [0, 0.1) is 17.2 Å². The molecular formula is C26H23BrN2O4S. The van der Waals surface area contributed by atoms with Crippen molar-refractivity contribution in [3.8, 4) is 17.4 Å². The van der Waals surface area contributed by atoms with E-state index >= 15 is 0 Å². The van der Waals surface area contributed by atoms with Crippen LogP contribution in [0.1, 0.15) is 46.8 Å². The summed E-state index contributed by atoms with van der Waals surface area (Å²) in [6, 6.07) is 13.1. The van der Waals surface area contributed by atoms with Gasteiger partial charge in [-0.25, -0.2) is 4.79 Å². The average molecular weight is 539 g/mol. The van der Waals surface area contributed by atoms with Crippen LogP contribution >= 0.6 is 27.3 Å². The van der Waals surface area contributed by atoms with Gasteiger partial charge in [0, 0.05) is 21.0 Å². The van der Waals surface area contributed by atoms with E-state index in [9.17, 15) is 14.9 Å². The van der Waals surface area contributed by atoms with Gasteiger partial charge in [0.05, 0.1) is 12.2 Å². The van der Waals surface area contributed by atoms with Crippen LogP contribution in [0.2, 0.25) is 0 Å². The Kier molecular flexibility index (Phi) is 7.35. The van der Waals surface area contributed by atoms with Gasteiger partial charge in [0.25, 0.3) is 5.91 Å². The number of furan rings is 1. The summed E-state index contributed by atoms with van der Waals surface area (Å²) < 4.78 is 12.0. The Morgan fingerprint density at radius 2 is 2.06 bits per heavy atom. The molecule has 1 aromatic carbocycles. The smallest absolute Gasteiger partial charge is 0.341 e. The van der Waals surface area contributed by atoms with Crippen molar-refractivity contribution in [1.82, 2.24) is 0 Å². The lowest BCUT2D eigenvalue weighted by Gasteiger charge is -2.18. The van der Waals surface area contributed by atoms with Gasteiger partial charge in [-0.3, -0.25) is 4.79 Å². The summed E-state index contributed by atoms with van der Waals surface area (Å²) in [5.41, 5.74) is 2.12. The van der Waals surface area contributed by atoms with Crippen molar-refractivity contribution in [2.75, 3.05) is 11.9 Å². The van der Waals surface area contributed by atoms with Crippen molar-refractivity contribution in [2.24, 2.45) is 5.92 Å². The Morgan fingerprint density at radius 1 is 1.29 bits per heavy atom. The number of carbonyl (C=O) groups excluding carboxylic acids is 2. The molecule has 8 heteroatoms. The quantitative estimate of drug-likeness (QED) is 0.216. The van der Waals surface area contributed by atoms with Crippen molar-refractivity contribution in [3.05, 3.63) is 68.2 Å². The van der Waals surface area contributed by atoms with Gasteiger partial charge in [0.15, 0.2) is 0 Å². The zero-order valence-electron chi connectivity index (χ0n) is 18.8. The van der Waals surface area contributed by atoms with Crippen LogP contribution in [0.25, 0.3) is 17.4 Å². The molecule has 0 radical (unpaired) electrons. The molecule has 0 spiro atoms. The standard InChI is InChI=1S/C26H23BrN2O4S/c1-3-32-26(31)23-20-10-4-15(2)12-22(20)34-25(23)29-24(30)17(14-28)13-19-9-11-21(33-19)16-5-7-18(27)8-6-16/h5-9,11,13,15H,3-4,10,12H2,1-2H3,(H,29,30)/b17-13+/t15-/m1/s1. The second-order valence-corrected chi connectivity index (χ2v) is 10.1. The van der Waals surface area contributed by atoms with Crippen molar-refractivity contribution in [1.29, 1.82) is 5.26 Å². The van der Waals surface area contributed by atoms with Gasteiger partial charge in [0.1, 0.15) is 28.2 Å². The van der Waals surface area contributed by atoms with Crippen LogP contribution in [0.15, 0.2) is 50.9 Å². The second-order valence-electron chi connectivity index (χ2n) is 8.11. The number of nitriles is 1. The molecule has 2 heterocycles. The first kappa shape index (κ1) is 24.0. The van der Waals surface area contributed by atoms with Gasteiger partial charge in [0.2, 0.25) is 0 Å². The molecule has 0 saturated carbocycles. The molecule has 174 valence electrons. The number of fused-ring (bicyclic) bond motifs is 1. The molecule has 34 heavy (non-hydrogen) atoms. The highest BCUT2D eigenvalue weighted by Crippen LogP contribution is 2.40. The largest absolute Gasteiger partial charge is 0.462 e. The van der Waals surface area contributed by atoms with E-state index < -0.39 is 11.9 Å². The molecule has 1 atom stereocenters. The van der Waals surface area contributed by atoms with E-state index in [2.05, 4.69) is 28.2 Å². The molecule has 1 aliphatic rings. The lowest BCUT2D eigenvalue weighted by molar-refractivity contribution is -0.112. The molecule has 0 saturated heterocycles. The van der Waals surface area contributed by atoms with Crippen molar-refractivity contribution < 1.29 is 18.7 Å². The normalized spacial score (nSPS) is 15.4. The van der Waals surface area contributed by atoms with E-state index in [0.717, 1.165) is 39.7 Å². The number of benzene rings is 1. The highest BCUT2D eigenvalue weighted by molar-refractivity contribution is 9.10. The fourth-order valence-corrected chi connectivity index (χ4v) is 5.58. The van der Waals surface area contributed by atoms with Crippen molar-refractivity contribution >= 4 is 50.2 Å². The number of ether oxygens (including phenoxy) is 1. The summed E-state index contributed by atoms with van der Waals surface area (Å²) in [6.07, 6.45) is 4.00. The first-order valence-electron chi connectivity index (χ1n) is 11.0. The Labute approximate surface area is 210 Å². The molecule has 4 rings (SSSR count). The zero-order valence-corrected chi connectivity index (χ0v) is 21.2. The molecule has 1 aliphatic carbocycles. The monoisotopic (exact) mass is 538 g/mol. The summed E-state index contributed by atoms with van der Waals surface area (Å²) >= 11 is 4.79. The number of halogens is 1. The minimum atomic E-state index is -0.596. The second kappa shape index (κ2) is 10.4. The molecule has 0 aliphatic heterocycles. The number of hydrogen-bond donors (Lipinski definition) is 1. The molecule has 2 aromatic heterocycles. The maximum atomic E-state index is 13.0. The molecule has 1 N–H and O–H groups in total. The van der Waals surface area contributed by atoms with Crippen LogP contribution in [-0.4, -0.2) is 18.5 Å². The van der Waals surface area contributed by atoms with Gasteiger partial charge in [-0.2, -0.15) is 5.26 Å². The Bertz CT molecular complexity index is 1300. The molecule has 3 aromatic rings. The number of nitrogens with one attached hydrogen (secondary N) is 1. The summed E-state index contributed by atoms with van der Waals surface area (Å²) in [7, 11) is 0. The maximum Gasteiger partial charge on any atom is 0.341 e. The number of rotatable bonds is 6. The minimum Gasteiger partial charge on any atom is -0.462 e. The van der Waals surface area contributed by atoms with E-state index in [-0.39, 0.29) is 12.2 Å².